The monoisotopic (exact) mass is 482 g/mol. The van der Waals surface area contributed by atoms with Crippen molar-refractivity contribution in [3.63, 3.8) is 0 Å². The molecule has 7 atom stereocenters. The Hall–Kier alpha value is -1.38. The summed E-state index contributed by atoms with van der Waals surface area (Å²) in [7, 11) is 0. The molecule has 0 heterocycles. The number of aliphatic hydroxyl groups is 2. The van der Waals surface area contributed by atoms with Gasteiger partial charge in [-0.25, -0.2) is 0 Å². The van der Waals surface area contributed by atoms with Gasteiger partial charge < -0.3 is 10.2 Å². The zero-order chi connectivity index (χ0) is 25.5. The molecule has 7 unspecified atom stereocenters. The summed E-state index contributed by atoms with van der Waals surface area (Å²) < 4.78 is 0. The van der Waals surface area contributed by atoms with Crippen LogP contribution in [0.3, 0.4) is 0 Å². The Morgan fingerprint density at radius 2 is 1.54 bits per heavy atom. The van der Waals surface area contributed by atoms with Gasteiger partial charge in [-0.2, -0.15) is 0 Å². The zero-order valence-electron chi connectivity index (χ0n) is 23.1. The normalized spacial score (nSPS) is 29.3. The summed E-state index contributed by atoms with van der Waals surface area (Å²) >= 11 is 0. The molecule has 198 valence electrons. The molecule has 0 bridgehead atoms. The van der Waals surface area contributed by atoms with Gasteiger partial charge in [0.1, 0.15) is 0 Å². The minimum absolute atomic E-state index is 0.168. The molecular formula is C33H54O2. The van der Waals surface area contributed by atoms with Crippen molar-refractivity contribution in [1.29, 1.82) is 0 Å². The Bertz CT molecular complexity index is 713. The van der Waals surface area contributed by atoms with Crippen molar-refractivity contribution in [2.45, 2.75) is 117 Å². The van der Waals surface area contributed by atoms with Crippen LogP contribution in [0.25, 0.3) is 0 Å². The van der Waals surface area contributed by atoms with Crippen molar-refractivity contribution in [1.82, 2.24) is 0 Å². The summed E-state index contributed by atoms with van der Waals surface area (Å²) in [5.41, 5.74) is 1.43. The Morgan fingerprint density at radius 1 is 0.886 bits per heavy atom. The van der Waals surface area contributed by atoms with Gasteiger partial charge in [0, 0.05) is 5.92 Å². The van der Waals surface area contributed by atoms with Gasteiger partial charge in [-0.05, 0) is 108 Å². The summed E-state index contributed by atoms with van der Waals surface area (Å²) in [5.74, 6) is 2.72. The second kappa shape index (κ2) is 17.1. The summed E-state index contributed by atoms with van der Waals surface area (Å²) in [5, 5.41) is 20.4. The molecule has 2 nitrogen and oxygen atoms in total. The molecule has 0 aliphatic heterocycles. The molecule has 1 fully saturated rings. The second-order valence-electron chi connectivity index (χ2n) is 11.4. The van der Waals surface area contributed by atoms with Crippen LogP contribution in [0.15, 0.2) is 60.3 Å². The van der Waals surface area contributed by atoms with Crippen LogP contribution < -0.4 is 0 Å². The topological polar surface area (TPSA) is 40.5 Å². The Kier molecular flexibility index (Phi) is 14.6. The first-order chi connectivity index (χ1) is 16.9. The van der Waals surface area contributed by atoms with Gasteiger partial charge in [-0.1, -0.05) is 81.0 Å². The van der Waals surface area contributed by atoms with Crippen LogP contribution in [-0.4, -0.2) is 22.4 Å². The highest BCUT2D eigenvalue weighted by atomic mass is 16.3. The molecule has 2 aliphatic carbocycles. The van der Waals surface area contributed by atoms with E-state index >= 15 is 0 Å². The van der Waals surface area contributed by atoms with E-state index in [0.717, 1.165) is 57.3 Å². The maximum absolute atomic E-state index is 10.4. The zero-order valence-corrected chi connectivity index (χ0v) is 23.1. The van der Waals surface area contributed by atoms with Gasteiger partial charge in [0.15, 0.2) is 0 Å². The molecule has 2 heteroatoms. The van der Waals surface area contributed by atoms with E-state index in [4.69, 9.17) is 0 Å². The molecule has 35 heavy (non-hydrogen) atoms. The van der Waals surface area contributed by atoms with Gasteiger partial charge in [0.25, 0.3) is 0 Å². The van der Waals surface area contributed by atoms with Gasteiger partial charge in [-0.3, -0.25) is 0 Å². The minimum Gasteiger partial charge on any atom is -0.390 e. The first kappa shape index (κ1) is 29.8. The maximum Gasteiger partial charge on any atom is 0.0864 e. The average Bonchev–Trinajstić information content (AvgIpc) is 2.84. The van der Waals surface area contributed by atoms with E-state index in [1.54, 1.807) is 0 Å². The van der Waals surface area contributed by atoms with Crippen LogP contribution in [0.5, 0.6) is 0 Å². The number of aliphatic hydroxyl groups excluding tert-OH is 2. The largest absolute Gasteiger partial charge is 0.390 e. The molecule has 0 aromatic heterocycles. The lowest BCUT2D eigenvalue weighted by Gasteiger charge is -2.42. The van der Waals surface area contributed by atoms with Crippen LogP contribution in [0.4, 0.5) is 0 Å². The summed E-state index contributed by atoms with van der Waals surface area (Å²) in [4.78, 5) is 0. The van der Waals surface area contributed by atoms with E-state index in [1.165, 1.54) is 31.3 Å². The minimum atomic E-state index is -0.563. The van der Waals surface area contributed by atoms with Crippen LogP contribution in [-0.2, 0) is 0 Å². The summed E-state index contributed by atoms with van der Waals surface area (Å²) in [6, 6.07) is 0. The van der Waals surface area contributed by atoms with Crippen LogP contribution >= 0.6 is 0 Å². The number of hydrogen-bond acceptors (Lipinski definition) is 2. The highest BCUT2D eigenvalue weighted by Crippen LogP contribution is 2.43. The van der Waals surface area contributed by atoms with Gasteiger partial charge in [0.05, 0.1) is 12.2 Å². The van der Waals surface area contributed by atoms with E-state index < -0.39 is 12.2 Å². The molecule has 0 saturated heterocycles. The average molecular weight is 483 g/mol. The molecule has 2 N–H and O–H groups in total. The third-order valence-electron chi connectivity index (χ3n) is 8.11. The molecule has 0 amide bonds. The van der Waals surface area contributed by atoms with Crippen LogP contribution in [0.2, 0.25) is 0 Å². The Morgan fingerprint density at radius 3 is 2.26 bits per heavy atom. The molecule has 1 saturated carbocycles. The highest BCUT2D eigenvalue weighted by Gasteiger charge is 2.40. The fourth-order valence-electron chi connectivity index (χ4n) is 5.68. The van der Waals surface area contributed by atoms with Crippen LogP contribution in [0.1, 0.15) is 105 Å². The van der Waals surface area contributed by atoms with E-state index in [2.05, 4.69) is 82.4 Å². The lowest BCUT2D eigenvalue weighted by Crippen LogP contribution is -2.43. The van der Waals surface area contributed by atoms with Crippen LogP contribution in [0, 0.1) is 29.6 Å². The van der Waals surface area contributed by atoms with Crippen molar-refractivity contribution < 1.29 is 10.2 Å². The number of allylic oxidation sites excluding steroid dienone is 9. The molecule has 2 aliphatic rings. The number of fused-ring (bicyclic) bond motifs is 1. The summed E-state index contributed by atoms with van der Waals surface area (Å²) in [6.07, 6.45) is 33.4. The standard InChI is InChI=1S/C33H54O2/c1-5-6-7-8-9-11-14-17-26(2)18-15-12-10-13-16-19-27(3)20-21-29-25-30-22-23-32(34)33(35)31(30)24-28(29)4/h6-7,11,13-16,18,24,26-27,29-35H,5,8-10,12,17,19-23,25H2,1-4H3/b7-6-,14-11+,16-13+,18-15+. The number of rotatable bonds is 15. The third-order valence-corrected chi connectivity index (χ3v) is 8.11. The molecular weight excluding hydrogens is 428 g/mol. The van der Waals surface area contributed by atoms with E-state index in [0.29, 0.717) is 17.8 Å². The fourth-order valence-corrected chi connectivity index (χ4v) is 5.68. The van der Waals surface area contributed by atoms with Crippen molar-refractivity contribution in [3.8, 4) is 0 Å². The lowest BCUT2D eigenvalue weighted by atomic mass is 9.66. The summed E-state index contributed by atoms with van der Waals surface area (Å²) in [6.45, 7) is 9.10. The quantitative estimate of drug-likeness (QED) is 0.181. The predicted molar refractivity (Wildman–Crippen MR) is 152 cm³/mol. The smallest absolute Gasteiger partial charge is 0.0864 e. The second-order valence-corrected chi connectivity index (χ2v) is 11.4. The van der Waals surface area contributed by atoms with Gasteiger partial charge in [0.2, 0.25) is 0 Å². The van der Waals surface area contributed by atoms with Crippen molar-refractivity contribution in [2.75, 3.05) is 0 Å². The third kappa shape index (κ3) is 11.5. The number of hydrogen-bond donors (Lipinski definition) is 2. The van der Waals surface area contributed by atoms with Crippen molar-refractivity contribution in [2.24, 2.45) is 29.6 Å². The maximum atomic E-state index is 10.4. The molecule has 0 aromatic rings. The first-order valence-corrected chi connectivity index (χ1v) is 14.6. The predicted octanol–water partition coefficient (Wildman–Crippen LogP) is 8.73. The highest BCUT2D eigenvalue weighted by molar-refractivity contribution is 5.15. The van der Waals surface area contributed by atoms with Crippen molar-refractivity contribution >= 4 is 0 Å². The Labute approximate surface area is 217 Å². The van der Waals surface area contributed by atoms with Gasteiger partial charge in [-0.15, -0.1) is 0 Å². The fraction of sp³-hybridized carbons (Fsp3) is 0.697. The van der Waals surface area contributed by atoms with Crippen molar-refractivity contribution in [3.05, 3.63) is 60.3 Å². The van der Waals surface area contributed by atoms with E-state index in [-0.39, 0.29) is 5.92 Å². The van der Waals surface area contributed by atoms with Gasteiger partial charge >= 0.3 is 0 Å². The SMILES string of the molecule is CC/C=C\CC/C=C/CC(C)/C=C/CC/C=C/CC(C)CCC1CC2CCC(O)C(O)C2C=C1C. The lowest BCUT2D eigenvalue weighted by molar-refractivity contribution is -0.0586. The van der Waals surface area contributed by atoms with E-state index in [9.17, 15) is 10.2 Å². The molecule has 2 rings (SSSR count). The molecule has 0 spiro atoms. The molecule has 0 aromatic carbocycles. The first-order valence-electron chi connectivity index (χ1n) is 14.6. The molecule has 0 radical (unpaired) electrons. The number of unbranched alkanes of at least 4 members (excludes halogenated alkanes) is 2. The Balaban J connectivity index is 1.56. The van der Waals surface area contributed by atoms with E-state index in [1.807, 2.05) is 0 Å².